The highest BCUT2D eigenvalue weighted by molar-refractivity contribution is 7.91. The van der Waals surface area contributed by atoms with Gasteiger partial charge in [-0.25, -0.2) is 8.42 Å². The molecule has 10 heteroatoms. The van der Waals surface area contributed by atoms with Crippen LogP contribution in [0.5, 0.6) is 0 Å². The fraction of sp³-hybridized carbons (Fsp3) is 0.533. The Hall–Kier alpha value is -1.36. The van der Waals surface area contributed by atoms with Gasteiger partial charge in [-0.3, -0.25) is 10.1 Å². The molecule has 0 aliphatic heterocycles. The van der Waals surface area contributed by atoms with E-state index in [-0.39, 0.29) is 10.8 Å². The van der Waals surface area contributed by atoms with Gasteiger partial charge in [0.1, 0.15) is 9.22 Å². The number of amides is 1. The second-order valence-corrected chi connectivity index (χ2v) is 10.3. The van der Waals surface area contributed by atoms with E-state index in [1.807, 2.05) is 0 Å². The van der Waals surface area contributed by atoms with Crippen molar-refractivity contribution >= 4 is 43.7 Å². The molecule has 1 fully saturated rings. The van der Waals surface area contributed by atoms with Crippen LogP contribution in [0, 0.1) is 0 Å². The van der Waals surface area contributed by atoms with Crippen molar-refractivity contribution in [1.29, 1.82) is 0 Å². The SMILES string of the molecule is CN(CC(=O)Nc1nnc(C2CCCCC2)s1)S(=O)(=O)c1cccs1. The molecule has 0 radical (unpaired) electrons. The topological polar surface area (TPSA) is 92.3 Å². The molecular formula is C15H20N4O3S3. The molecule has 0 bridgehead atoms. The van der Waals surface area contributed by atoms with Gasteiger partial charge in [0.15, 0.2) is 0 Å². The number of likely N-dealkylation sites (N-methyl/N-ethyl adjacent to an activating group) is 1. The first kappa shape index (κ1) is 18.4. The van der Waals surface area contributed by atoms with Gasteiger partial charge in [-0.05, 0) is 24.3 Å². The van der Waals surface area contributed by atoms with Crippen LogP contribution in [-0.4, -0.2) is 42.4 Å². The minimum atomic E-state index is -3.64. The largest absolute Gasteiger partial charge is 0.299 e. The number of rotatable bonds is 6. The van der Waals surface area contributed by atoms with Gasteiger partial charge in [0.2, 0.25) is 11.0 Å². The van der Waals surface area contributed by atoms with Gasteiger partial charge in [0.25, 0.3) is 10.0 Å². The van der Waals surface area contributed by atoms with Crippen LogP contribution in [-0.2, 0) is 14.8 Å². The number of carbonyl (C=O) groups excluding carboxylic acids is 1. The first-order valence-corrected chi connectivity index (χ1v) is 11.2. The maximum absolute atomic E-state index is 12.3. The summed E-state index contributed by atoms with van der Waals surface area (Å²) in [6.45, 7) is -0.265. The minimum absolute atomic E-state index is 0.221. The zero-order valence-corrected chi connectivity index (χ0v) is 16.3. The van der Waals surface area contributed by atoms with Gasteiger partial charge in [-0.2, -0.15) is 4.31 Å². The molecule has 136 valence electrons. The van der Waals surface area contributed by atoms with Gasteiger partial charge in [-0.15, -0.1) is 21.5 Å². The molecule has 2 heterocycles. The van der Waals surface area contributed by atoms with Crippen molar-refractivity contribution in [1.82, 2.24) is 14.5 Å². The standard InChI is InChI=1S/C15H20N4O3S3/c1-19(25(21,22)13-8-5-9-23-13)10-12(20)16-15-18-17-14(24-15)11-6-3-2-4-7-11/h5,8-9,11H,2-4,6-7,10H2,1H3,(H,16,18,20). The van der Waals surface area contributed by atoms with Gasteiger partial charge in [0.05, 0.1) is 6.54 Å². The minimum Gasteiger partial charge on any atom is -0.299 e. The van der Waals surface area contributed by atoms with Gasteiger partial charge in [-0.1, -0.05) is 36.7 Å². The fourth-order valence-electron chi connectivity index (χ4n) is 2.81. The summed E-state index contributed by atoms with van der Waals surface area (Å²) in [5, 5.41) is 13.9. The van der Waals surface area contributed by atoms with Crippen molar-refractivity contribution in [3.63, 3.8) is 0 Å². The molecular weight excluding hydrogens is 380 g/mol. The molecule has 1 aliphatic carbocycles. The zero-order chi connectivity index (χ0) is 17.9. The molecule has 1 amide bonds. The lowest BCUT2D eigenvalue weighted by Crippen LogP contribution is -2.34. The monoisotopic (exact) mass is 400 g/mol. The van der Waals surface area contributed by atoms with E-state index in [1.165, 1.54) is 43.7 Å². The number of thiophene rings is 1. The third-order valence-electron chi connectivity index (χ3n) is 4.17. The van der Waals surface area contributed by atoms with Crippen molar-refractivity contribution in [3.05, 3.63) is 22.5 Å². The van der Waals surface area contributed by atoms with Crippen LogP contribution in [0.25, 0.3) is 0 Å². The summed E-state index contributed by atoms with van der Waals surface area (Å²) < 4.78 is 25.9. The van der Waals surface area contributed by atoms with Crippen molar-refractivity contribution in [2.75, 3.05) is 18.9 Å². The third kappa shape index (κ3) is 4.43. The Bertz CT molecular complexity index is 811. The lowest BCUT2D eigenvalue weighted by atomic mass is 9.90. The summed E-state index contributed by atoms with van der Waals surface area (Å²) in [6, 6.07) is 3.19. The normalized spacial score (nSPS) is 16.2. The second-order valence-electron chi connectivity index (χ2n) is 6.02. The number of hydrogen-bond donors (Lipinski definition) is 1. The molecule has 7 nitrogen and oxygen atoms in total. The Labute approximate surface area is 155 Å². The van der Waals surface area contributed by atoms with Crippen molar-refractivity contribution < 1.29 is 13.2 Å². The molecule has 1 N–H and O–H groups in total. The van der Waals surface area contributed by atoms with E-state index in [9.17, 15) is 13.2 Å². The van der Waals surface area contributed by atoms with E-state index in [0.29, 0.717) is 11.0 Å². The van der Waals surface area contributed by atoms with E-state index in [0.717, 1.165) is 33.5 Å². The highest BCUT2D eigenvalue weighted by Crippen LogP contribution is 2.35. The summed E-state index contributed by atoms with van der Waals surface area (Å²) >= 11 is 2.51. The number of nitrogens with zero attached hydrogens (tertiary/aromatic N) is 3. The average Bonchev–Trinajstić information content (AvgIpc) is 3.27. The summed E-state index contributed by atoms with van der Waals surface area (Å²) in [6.07, 6.45) is 5.91. The Morgan fingerprint density at radius 3 is 2.76 bits per heavy atom. The summed E-state index contributed by atoms with van der Waals surface area (Å²) in [7, 11) is -2.25. The van der Waals surface area contributed by atoms with Crippen molar-refractivity contribution in [2.45, 2.75) is 42.2 Å². The molecule has 1 aliphatic rings. The third-order valence-corrected chi connectivity index (χ3v) is 8.34. The lowest BCUT2D eigenvalue weighted by molar-refractivity contribution is -0.116. The first-order valence-electron chi connectivity index (χ1n) is 8.10. The lowest BCUT2D eigenvalue weighted by Gasteiger charge is -2.18. The highest BCUT2D eigenvalue weighted by Gasteiger charge is 2.25. The van der Waals surface area contributed by atoms with Crippen LogP contribution < -0.4 is 5.32 Å². The first-order chi connectivity index (χ1) is 12.0. The summed E-state index contributed by atoms with van der Waals surface area (Å²) in [5.41, 5.74) is 0. The predicted octanol–water partition coefficient (Wildman–Crippen LogP) is 2.91. The Kier molecular flexibility index (Phi) is 5.82. The molecule has 0 saturated heterocycles. The second kappa shape index (κ2) is 7.90. The van der Waals surface area contributed by atoms with Crippen molar-refractivity contribution in [3.8, 4) is 0 Å². The van der Waals surface area contributed by atoms with Gasteiger partial charge in [0, 0.05) is 13.0 Å². The smallest absolute Gasteiger partial charge is 0.252 e. The van der Waals surface area contributed by atoms with E-state index in [2.05, 4.69) is 15.5 Å². The zero-order valence-electron chi connectivity index (χ0n) is 13.8. The molecule has 0 atom stereocenters. The Morgan fingerprint density at radius 2 is 2.08 bits per heavy atom. The predicted molar refractivity (Wildman–Crippen MR) is 98.5 cm³/mol. The quantitative estimate of drug-likeness (QED) is 0.805. The number of sulfonamides is 1. The molecule has 25 heavy (non-hydrogen) atoms. The number of aromatic nitrogens is 2. The summed E-state index contributed by atoms with van der Waals surface area (Å²) in [4.78, 5) is 12.1. The van der Waals surface area contributed by atoms with Crippen LogP contribution in [0.3, 0.4) is 0 Å². The van der Waals surface area contributed by atoms with Gasteiger partial charge < -0.3 is 0 Å². The number of hydrogen-bond acceptors (Lipinski definition) is 7. The number of anilines is 1. The van der Waals surface area contributed by atoms with Crippen molar-refractivity contribution in [2.24, 2.45) is 0 Å². The maximum atomic E-state index is 12.3. The van der Waals surface area contributed by atoms with Crippen LogP contribution in [0.4, 0.5) is 5.13 Å². The number of nitrogens with one attached hydrogen (secondary N) is 1. The van der Waals surface area contributed by atoms with Crippen LogP contribution >= 0.6 is 22.7 Å². The highest BCUT2D eigenvalue weighted by atomic mass is 32.2. The maximum Gasteiger partial charge on any atom is 0.252 e. The van der Waals surface area contributed by atoms with Crippen LogP contribution in [0.15, 0.2) is 21.7 Å². The van der Waals surface area contributed by atoms with E-state index in [4.69, 9.17) is 0 Å². The van der Waals surface area contributed by atoms with Crippen LogP contribution in [0.2, 0.25) is 0 Å². The van der Waals surface area contributed by atoms with E-state index in [1.54, 1.807) is 11.4 Å². The Balaban J connectivity index is 1.58. The Morgan fingerprint density at radius 1 is 1.32 bits per heavy atom. The van der Waals surface area contributed by atoms with E-state index >= 15 is 0 Å². The molecule has 2 aromatic rings. The molecule has 0 aromatic carbocycles. The van der Waals surface area contributed by atoms with Gasteiger partial charge >= 0.3 is 0 Å². The molecule has 3 rings (SSSR count). The molecule has 1 saturated carbocycles. The summed E-state index contributed by atoms with van der Waals surface area (Å²) in [5.74, 6) is 0.00718. The van der Waals surface area contributed by atoms with E-state index < -0.39 is 15.9 Å². The molecule has 0 unspecified atom stereocenters. The fourth-order valence-corrected chi connectivity index (χ4v) is 6.07. The molecule has 0 spiro atoms. The average molecular weight is 401 g/mol. The van der Waals surface area contributed by atoms with Crippen LogP contribution in [0.1, 0.15) is 43.0 Å². The molecule has 2 aromatic heterocycles. The number of carbonyl (C=O) groups is 1.